The number of sulfone groups is 1. The van der Waals surface area contributed by atoms with E-state index in [4.69, 9.17) is 10.2 Å². The number of benzene rings is 1. The van der Waals surface area contributed by atoms with E-state index < -0.39 is 21.7 Å². The number of carbonyl (C=O) groups is 2. The Morgan fingerprint density at radius 1 is 1.18 bits per heavy atom. The number of nitrogens with one attached hydrogen (secondary N) is 1. The van der Waals surface area contributed by atoms with Gasteiger partial charge in [0.2, 0.25) is 0 Å². The fraction of sp³-hybridized carbons (Fsp3) is 0.217. The summed E-state index contributed by atoms with van der Waals surface area (Å²) in [6.07, 6.45) is 1.96. The van der Waals surface area contributed by atoms with Gasteiger partial charge in [0.15, 0.2) is 21.3 Å². The zero-order valence-electron chi connectivity index (χ0n) is 18.2. The number of imidazole rings is 1. The normalized spacial score (nSPS) is 17.1. The molecule has 3 aromatic heterocycles. The molecule has 1 aliphatic heterocycles. The summed E-state index contributed by atoms with van der Waals surface area (Å²) in [5, 5.41) is 2.71. The van der Waals surface area contributed by atoms with Crippen molar-refractivity contribution >= 4 is 38.4 Å². The third-order valence-electron chi connectivity index (χ3n) is 5.86. The van der Waals surface area contributed by atoms with Crippen LogP contribution in [0.3, 0.4) is 0 Å². The summed E-state index contributed by atoms with van der Waals surface area (Å²) in [6, 6.07) is 11.3. The number of para-hydroxylation sites is 1. The number of fused-ring (bicyclic) bond motifs is 1. The zero-order valence-corrected chi connectivity index (χ0v) is 19.0. The van der Waals surface area contributed by atoms with Gasteiger partial charge in [0.25, 0.3) is 11.8 Å². The van der Waals surface area contributed by atoms with E-state index in [1.54, 1.807) is 43.3 Å². The Balaban J connectivity index is 1.66. The van der Waals surface area contributed by atoms with Gasteiger partial charge < -0.3 is 20.0 Å². The van der Waals surface area contributed by atoms with Crippen molar-refractivity contribution < 1.29 is 22.4 Å². The molecule has 2 amide bonds. The van der Waals surface area contributed by atoms with Crippen molar-refractivity contribution in [2.24, 2.45) is 5.73 Å². The first-order valence-corrected chi connectivity index (χ1v) is 12.4. The molecule has 1 fully saturated rings. The molecular weight excluding hydrogens is 458 g/mol. The van der Waals surface area contributed by atoms with Crippen LogP contribution >= 0.6 is 0 Å². The van der Waals surface area contributed by atoms with Crippen LogP contribution in [0.4, 0.5) is 5.69 Å². The zero-order chi connectivity index (χ0) is 24.0. The number of nitrogens with zero attached hydrogens (tertiary/aromatic N) is 3. The Labute approximate surface area is 194 Å². The quantitative estimate of drug-likeness (QED) is 0.447. The van der Waals surface area contributed by atoms with Crippen LogP contribution in [0.5, 0.6) is 0 Å². The van der Waals surface area contributed by atoms with E-state index in [1.807, 2.05) is 4.57 Å². The summed E-state index contributed by atoms with van der Waals surface area (Å²) >= 11 is 0. The number of primary amides is 1. The minimum absolute atomic E-state index is 0.00518. The lowest BCUT2D eigenvalue weighted by Gasteiger charge is -2.14. The molecule has 11 heteroatoms. The molecule has 0 radical (unpaired) electrons. The first-order chi connectivity index (χ1) is 16.2. The fourth-order valence-electron chi connectivity index (χ4n) is 4.35. The molecule has 1 aliphatic rings. The first kappa shape index (κ1) is 21.8. The number of aryl methyl sites for hydroxylation is 1. The Morgan fingerprint density at radius 3 is 2.65 bits per heavy atom. The van der Waals surface area contributed by atoms with Crippen LogP contribution in [0.25, 0.3) is 22.5 Å². The van der Waals surface area contributed by atoms with E-state index in [0.29, 0.717) is 34.7 Å². The van der Waals surface area contributed by atoms with Crippen molar-refractivity contribution in [2.75, 3.05) is 16.8 Å². The van der Waals surface area contributed by atoms with Gasteiger partial charge in [-0.1, -0.05) is 12.1 Å². The molecule has 1 aromatic carbocycles. The molecule has 10 nitrogen and oxygen atoms in total. The van der Waals surface area contributed by atoms with Gasteiger partial charge in [0.1, 0.15) is 17.0 Å². The van der Waals surface area contributed by atoms with Gasteiger partial charge in [0, 0.05) is 0 Å². The van der Waals surface area contributed by atoms with Crippen LogP contribution in [-0.2, 0) is 9.84 Å². The van der Waals surface area contributed by atoms with Gasteiger partial charge in [-0.05, 0) is 43.7 Å². The van der Waals surface area contributed by atoms with Crippen molar-refractivity contribution in [1.82, 2.24) is 14.5 Å². The summed E-state index contributed by atoms with van der Waals surface area (Å²) in [6.45, 7) is 1.77. The SMILES string of the molecule is Cc1nc2c(C(=O)Nc3ccccc3C(N)=O)nc(-c3ccco3)cc2n1C1CCS(=O)(=O)C1. The van der Waals surface area contributed by atoms with E-state index in [2.05, 4.69) is 15.3 Å². The molecule has 0 spiro atoms. The van der Waals surface area contributed by atoms with Crippen LogP contribution < -0.4 is 11.1 Å². The second-order valence-corrected chi connectivity index (χ2v) is 10.4. The van der Waals surface area contributed by atoms with E-state index in [9.17, 15) is 18.0 Å². The van der Waals surface area contributed by atoms with Crippen LogP contribution in [0, 0.1) is 6.92 Å². The van der Waals surface area contributed by atoms with Crippen LogP contribution in [0.15, 0.2) is 53.1 Å². The molecule has 4 heterocycles. The third-order valence-corrected chi connectivity index (χ3v) is 7.61. The lowest BCUT2D eigenvalue weighted by atomic mass is 10.1. The van der Waals surface area contributed by atoms with Gasteiger partial charge >= 0.3 is 0 Å². The molecule has 0 bridgehead atoms. The Kier molecular flexibility index (Phi) is 5.20. The average molecular weight is 480 g/mol. The lowest BCUT2D eigenvalue weighted by Crippen LogP contribution is -2.19. The standard InChI is InChI=1S/C23H21N5O5S/c1-13-25-20-18(28(13)14-8-10-34(31,32)12-14)11-17(19-7-4-9-33-19)26-21(20)23(30)27-16-6-3-2-5-15(16)22(24)29/h2-7,9,11,14H,8,10,12H2,1H3,(H2,24,29)(H,27,30). The number of furan rings is 1. The van der Waals surface area contributed by atoms with Crippen molar-refractivity contribution in [3.05, 3.63) is 65.8 Å². The van der Waals surface area contributed by atoms with E-state index >= 15 is 0 Å². The molecule has 1 saturated heterocycles. The van der Waals surface area contributed by atoms with Crippen molar-refractivity contribution in [2.45, 2.75) is 19.4 Å². The fourth-order valence-corrected chi connectivity index (χ4v) is 6.05. The third kappa shape index (κ3) is 3.83. The van der Waals surface area contributed by atoms with Gasteiger partial charge in [-0.3, -0.25) is 9.59 Å². The highest BCUT2D eigenvalue weighted by Gasteiger charge is 2.32. The lowest BCUT2D eigenvalue weighted by molar-refractivity contribution is 0.100. The minimum Gasteiger partial charge on any atom is -0.463 e. The number of hydrogen-bond donors (Lipinski definition) is 2. The number of amides is 2. The summed E-state index contributed by atoms with van der Waals surface area (Å²) in [5.41, 5.74) is 7.16. The first-order valence-electron chi connectivity index (χ1n) is 10.6. The number of hydrogen-bond acceptors (Lipinski definition) is 7. The molecular formula is C23H21N5O5S. The number of nitrogens with two attached hydrogens (primary N) is 1. The van der Waals surface area contributed by atoms with Crippen LogP contribution in [0.2, 0.25) is 0 Å². The number of pyridine rings is 1. The molecule has 1 unspecified atom stereocenters. The minimum atomic E-state index is -3.15. The molecule has 1 atom stereocenters. The summed E-state index contributed by atoms with van der Waals surface area (Å²) in [7, 11) is -3.15. The highest BCUT2D eigenvalue weighted by molar-refractivity contribution is 7.91. The second kappa shape index (κ2) is 8.10. The maximum absolute atomic E-state index is 13.4. The maximum Gasteiger partial charge on any atom is 0.276 e. The number of anilines is 1. The predicted octanol–water partition coefficient (Wildman–Crippen LogP) is 2.71. The molecule has 3 N–H and O–H groups in total. The van der Waals surface area contributed by atoms with Gasteiger partial charge in [-0.25, -0.2) is 18.4 Å². The molecule has 0 aliphatic carbocycles. The van der Waals surface area contributed by atoms with Crippen molar-refractivity contribution in [3.63, 3.8) is 0 Å². The summed E-state index contributed by atoms with van der Waals surface area (Å²) in [5.74, 6) is -0.147. The second-order valence-electron chi connectivity index (χ2n) is 8.15. The monoisotopic (exact) mass is 479 g/mol. The Hall–Kier alpha value is -3.99. The molecule has 34 heavy (non-hydrogen) atoms. The topological polar surface area (TPSA) is 150 Å². The van der Waals surface area contributed by atoms with E-state index in [-0.39, 0.29) is 34.5 Å². The Bertz CT molecular complexity index is 1540. The van der Waals surface area contributed by atoms with Crippen molar-refractivity contribution in [3.8, 4) is 11.5 Å². The number of carbonyl (C=O) groups excluding carboxylic acids is 2. The van der Waals surface area contributed by atoms with Crippen LogP contribution in [-0.4, -0.2) is 46.3 Å². The molecule has 4 aromatic rings. The largest absolute Gasteiger partial charge is 0.463 e. The molecule has 174 valence electrons. The van der Waals surface area contributed by atoms with E-state index in [1.165, 1.54) is 12.3 Å². The van der Waals surface area contributed by atoms with E-state index in [0.717, 1.165) is 0 Å². The molecule has 5 rings (SSSR count). The highest BCUT2D eigenvalue weighted by Crippen LogP contribution is 2.33. The Morgan fingerprint density at radius 2 is 1.97 bits per heavy atom. The predicted molar refractivity (Wildman–Crippen MR) is 125 cm³/mol. The average Bonchev–Trinajstić information content (AvgIpc) is 3.51. The smallest absolute Gasteiger partial charge is 0.276 e. The maximum atomic E-state index is 13.4. The van der Waals surface area contributed by atoms with Gasteiger partial charge in [-0.2, -0.15) is 0 Å². The summed E-state index contributed by atoms with van der Waals surface area (Å²) in [4.78, 5) is 34.2. The number of rotatable bonds is 5. The van der Waals surface area contributed by atoms with Crippen molar-refractivity contribution in [1.29, 1.82) is 0 Å². The van der Waals surface area contributed by atoms with Gasteiger partial charge in [0.05, 0.1) is 40.6 Å². The highest BCUT2D eigenvalue weighted by atomic mass is 32.2. The molecule has 0 saturated carbocycles. The summed E-state index contributed by atoms with van der Waals surface area (Å²) < 4.78 is 31.6. The van der Waals surface area contributed by atoms with Crippen LogP contribution in [0.1, 0.15) is 39.1 Å². The van der Waals surface area contributed by atoms with Gasteiger partial charge in [-0.15, -0.1) is 0 Å². The number of aromatic nitrogens is 3.